The molecule has 0 unspecified atom stereocenters. The van der Waals surface area contributed by atoms with Crippen LogP contribution in [0.2, 0.25) is 0 Å². The SMILES string of the molecule is C[C@@H]([C@@H](C)COCc1ccccc1)[C@@H](C)C(=O)C(C)(C)C(=O)CC(=O)OC(C)(C)C. The zero-order valence-corrected chi connectivity index (χ0v) is 19.8. The quantitative estimate of drug-likeness (QED) is 0.373. The number of carbonyl (C=O) groups is 3. The third kappa shape index (κ3) is 8.02. The Balaban J connectivity index is 2.63. The van der Waals surface area contributed by atoms with Crippen molar-refractivity contribution in [1.29, 1.82) is 0 Å². The topological polar surface area (TPSA) is 69.7 Å². The van der Waals surface area contributed by atoms with E-state index < -0.39 is 29.2 Å². The Kier molecular flexibility index (Phi) is 9.41. The molecule has 0 N–H and O–H groups in total. The van der Waals surface area contributed by atoms with E-state index >= 15 is 0 Å². The van der Waals surface area contributed by atoms with Crippen LogP contribution in [-0.2, 0) is 30.5 Å². The molecule has 3 atom stereocenters. The molecule has 0 amide bonds. The maximum Gasteiger partial charge on any atom is 0.313 e. The van der Waals surface area contributed by atoms with Crippen LogP contribution in [0.4, 0.5) is 0 Å². The summed E-state index contributed by atoms with van der Waals surface area (Å²) in [7, 11) is 0. The van der Waals surface area contributed by atoms with Gasteiger partial charge in [-0.05, 0) is 52.0 Å². The Morgan fingerprint density at radius 2 is 1.50 bits per heavy atom. The zero-order chi connectivity index (χ0) is 23.1. The largest absolute Gasteiger partial charge is 0.460 e. The van der Waals surface area contributed by atoms with E-state index in [9.17, 15) is 14.4 Å². The molecule has 1 aromatic carbocycles. The zero-order valence-electron chi connectivity index (χ0n) is 19.8. The second-order valence-corrected chi connectivity index (χ2v) is 9.80. The van der Waals surface area contributed by atoms with E-state index in [1.165, 1.54) is 0 Å². The van der Waals surface area contributed by atoms with Crippen LogP contribution in [0.1, 0.15) is 67.4 Å². The van der Waals surface area contributed by atoms with Crippen molar-refractivity contribution in [3.8, 4) is 0 Å². The lowest BCUT2D eigenvalue weighted by atomic mass is 9.71. The minimum absolute atomic E-state index is 0.0295. The van der Waals surface area contributed by atoms with E-state index in [2.05, 4.69) is 6.92 Å². The standard InChI is InChI=1S/C25H38O5/c1-17(15-29-16-20-12-10-9-11-13-20)18(2)19(3)23(28)25(7,8)21(26)14-22(27)30-24(4,5)6/h9-13,17-19H,14-16H2,1-8H3/t17-,18-,19+/m0/s1. The lowest BCUT2D eigenvalue weighted by Gasteiger charge is -2.31. The Morgan fingerprint density at radius 1 is 0.933 bits per heavy atom. The highest BCUT2D eigenvalue weighted by molar-refractivity contribution is 6.11. The van der Waals surface area contributed by atoms with Crippen molar-refractivity contribution in [2.75, 3.05) is 6.61 Å². The van der Waals surface area contributed by atoms with E-state index in [1.807, 2.05) is 44.2 Å². The fourth-order valence-corrected chi connectivity index (χ4v) is 3.26. The van der Waals surface area contributed by atoms with Crippen LogP contribution in [0.15, 0.2) is 30.3 Å². The van der Waals surface area contributed by atoms with Crippen LogP contribution in [0.5, 0.6) is 0 Å². The van der Waals surface area contributed by atoms with E-state index in [0.29, 0.717) is 13.2 Å². The number of rotatable bonds is 11. The molecule has 0 bridgehead atoms. The van der Waals surface area contributed by atoms with Gasteiger partial charge in [-0.15, -0.1) is 0 Å². The van der Waals surface area contributed by atoms with Crippen molar-refractivity contribution < 1.29 is 23.9 Å². The molecule has 5 heteroatoms. The molecule has 1 aromatic rings. The number of Topliss-reactive ketones (excluding diaryl/α,β-unsaturated/α-hetero) is 2. The highest BCUT2D eigenvalue weighted by Gasteiger charge is 2.41. The number of ketones is 2. The predicted molar refractivity (Wildman–Crippen MR) is 118 cm³/mol. The fourth-order valence-electron chi connectivity index (χ4n) is 3.26. The van der Waals surface area contributed by atoms with Gasteiger partial charge in [0.1, 0.15) is 17.8 Å². The maximum atomic E-state index is 13.1. The molecule has 30 heavy (non-hydrogen) atoms. The van der Waals surface area contributed by atoms with Gasteiger partial charge in [-0.3, -0.25) is 14.4 Å². The highest BCUT2D eigenvalue weighted by atomic mass is 16.6. The van der Waals surface area contributed by atoms with Crippen molar-refractivity contribution in [1.82, 2.24) is 0 Å². The third-order valence-electron chi connectivity index (χ3n) is 5.63. The highest BCUT2D eigenvalue weighted by Crippen LogP contribution is 2.31. The van der Waals surface area contributed by atoms with Gasteiger partial charge in [-0.1, -0.05) is 51.1 Å². The van der Waals surface area contributed by atoms with Gasteiger partial charge in [0.05, 0.1) is 12.0 Å². The van der Waals surface area contributed by atoms with Crippen molar-refractivity contribution in [2.24, 2.45) is 23.2 Å². The number of benzene rings is 1. The summed E-state index contributed by atoms with van der Waals surface area (Å²) in [5, 5.41) is 0. The summed E-state index contributed by atoms with van der Waals surface area (Å²) in [5.41, 5.74) is -0.798. The number of carbonyl (C=O) groups excluding carboxylic acids is 3. The Hall–Kier alpha value is -2.01. The third-order valence-corrected chi connectivity index (χ3v) is 5.63. The number of esters is 1. The second kappa shape index (κ2) is 10.9. The molecule has 0 aliphatic rings. The molecule has 0 aliphatic heterocycles. The molecule has 0 saturated heterocycles. The lowest BCUT2D eigenvalue weighted by Crippen LogP contribution is -2.41. The average Bonchev–Trinajstić information content (AvgIpc) is 2.65. The maximum absolute atomic E-state index is 13.1. The van der Waals surface area contributed by atoms with Crippen LogP contribution in [0.3, 0.4) is 0 Å². The van der Waals surface area contributed by atoms with Gasteiger partial charge in [0, 0.05) is 12.5 Å². The Bertz CT molecular complexity index is 715. The number of hydrogen-bond acceptors (Lipinski definition) is 5. The molecule has 0 heterocycles. The van der Waals surface area contributed by atoms with Gasteiger partial charge >= 0.3 is 5.97 Å². The van der Waals surface area contributed by atoms with Gasteiger partial charge in [0.2, 0.25) is 0 Å². The molecule has 1 rings (SSSR count). The first kappa shape index (κ1) is 26.0. The summed E-state index contributed by atoms with van der Waals surface area (Å²) >= 11 is 0. The Labute approximate surface area is 181 Å². The summed E-state index contributed by atoms with van der Waals surface area (Å²) in [6.07, 6.45) is -0.396. The number of ether oxygens (including phenoxy) is 2. The Morgan fingerprint density at radius 3 is 2.03 bits per heavy atom. The van der Waals surface area contributed by atoms with Crippen molar-refractivity contribution in [2.45, 2.75) is 74.0 Å². The van der Waals surface area contributed by atoms with E-state index in [-0.39, 0.29) is 23.5 Å². The van der Waals surface area contributed by atoms with E-state index in [4.69, 9.17) is 9.47 Å². The average molecular weight is 419 g/mol. The van der Waals surface area contributed by atoms with Crippen molar-refractivity contribution in [3.63, 3.8) is 0 Å². The fraction of sp³-hybridized carbons (Fsp3) is 0.640. The molecule has 0 aromatic heterocycles. The van der Waals surface area contributed by atoms with Crippen LogP contribution < -0.4 is 0 Å². The molecule has 0 fully saturated rings. The van der Waals surface area contributed by atoms with E-state index in [0.717, 1.165) is 5.56 Å². The molecular formula is C25H38O5. The van der Waals surface area contributed by atoms with Crippen LogP contribution in [0, 0.1) is 23.2 Å². The predicted octanol–water partition coefficient (Wildman–Crippen LogP) is 5.01. The first-order valence-electron chi connectivity index (χ1n) is 10.7. The molecule has 0 spiro atoms. The molecular weight excluding hydrogens is 380 g/mol. The summed E-state index contributed by atoms with van der Waals surface area (Å²) in [6.45, 7) is 15.4. The van der Waals surface area contributed by atoms with Gasteiger partial charge in [-0.25, -0.2) is 0 Å². The lowest BCUT2D eigenvalue weighted by molar-refractivity contribution is -0.158. The molecule has 0 radical (unpaired) electrons. The molecule has 0 saturated carbocycles. The van der Waals surface area contributed by atoms with Crippen molar-refractivity contribution in [3.05, 3.63) is 35.9 Å². The first-order valence-corrected chi connectivity index (χ1v) is 10.7. The first-order chi connectivity index (χ1) is 13.8. The normalized spacial score (nSPS) is 15.2. The van der Waals surface area contributed by atoms with Crippen LogP contribution in [0.25, 0.3) is 0 Å². The summed E-state index contributed by atoms with van der Waals surface area (Å²) in [4.78, 5) is 37.8. The smallest absolute Gasteiger partial charge is 0.313 e. The minimum Gasteiger partial charge on any atom is -0.460 e. The van der Waals surface area contributed by atoms with Gasteiger partial charge in [0.25, 0.3) is 0 Å². The van der Waals surface area contributed by atoms with E-state index in [1.54, 1.807) is 34.6 Å². The molecule has 0 aliphatic carbocycles. The van der Waals surface area contributed by atoms with Crippen LogP contribution in [-0.4, -0.2) is 29.7 Å². The van der Waals surface area contributed by atoms with Crippen molar-refractivity contribution >= 4 is 17.5 Å². The summed E-state index contributed by atoms with van der Waals surface area (Å²) < 4.78 is 11.0. The molecule has 5 nitrogen and oxygen atoms in total. The monoisotopic (exact) mass is 418 g/mol. The van der Waals surface area contributed by atoms with Gasteiger partial charge in [-0.2, -0.15) is 0 Å². The minimum atomic E-state index is -1.24. The van der Waals surface area contributed by atoms with Gasteiger partial charge in [0.15, 0.2) is 5.78 Å². The summed E-state index contributed by atoms with van der Waals surface area (Å²) in [5.74, 6) is -1.33. The van der Waals surface area contributed by atoms with Gasteiger partial charge < -0.3 is 9.47 Å². The second-order valence-electron chi connectivity index (χ2n) is 9.80. The van der Waals surface area contributed by atoms with Crippen LogP contribution >= 0.6 is 0 Å². The molecule has 168 valence electrons. The number of hydrogen-bond donors (Lipinski definition) is 0. The summed E-state index contributed by atoms with van der Waals surface area (Å²) in [6, 6.07) is 9.94.